The molecule has 310 valence electrons. The van der Waals surface area contributed by atoms with Crippen molar-refractivity contribution in [3.63, 3.8) is 0 Å². The Hall–Kier alpha value is -4.82. The van der Waals surface area contributed by atoms with Crippen molar-refractivity contribution in [1.82, 2.24) is 28.9 Å². The predicted molar refractivity (Wildman–Crippen MR) is 194 cm³/mol. The number of halogens is 7. The summed E-state index contributed by atoms with van der Waals surface area (Å²) in [5.74, 6) is -1.24. The largest absolute Gasteiger partial charge is 0.573 e. The van der Waals surface area contributed by atoms with Crippen LogP contribution in [0.3, 0.4) is 0 Å². The fourth-order valence-electron chi connectivity index (χ4n) is 6.39. The molecular weight excluding hydrogens is 834 g/mol. The number of carbonyl (C=O) groups is 2. The van der Waals surface area contributed by atoms with E-state index < -0.39 is 12.7 Å². The zero-order chi connectivity index (χ0) is 41.3. The van der Waals surface area contributed by atoms with E-state index in [9.17, 15) is 35.9 Å². The Kier molecular flexibility index (Phi) is 14.5. The molecule has 0 atom stereocenters. The lowest BCUT2D eigenvalue weighted by Gasteiger charge is -2.34. The minimum Gasteiger partial charge on any atom is -0.468 e. The van der Waals surface area contributed by atoms with Crippen LogP contribution in [-0.2, 0) is 36.7 Å². The molecule has 6 rings (SSSR count). The van der Waals surface area contributed by atoms with E-state index in [1.54, 1.807) is 57.6 Å². The molecule has 20 heteroatoms. The number of amides is 2. The summed E-state index contributed by atoms with van der Waals surface area (Å²) in [6.45, 7) is 2.34. The van der Waals surface area contributed by atoms with E-state index in [0.717, 1.165) is 0 Å². The summed E-state index contributed by atoms with van der Waals surface area (Å²) in [6, 6.07) is 11.4. The molecule has 2 aliphatic heterocycles. The van der Waals surface area contributed by atoms with Crippen LogP contribution >= 0.6 is 15.9 Å². The molecule has 0 saturated carbocycles. The van der Waals surface area contributed by atoms with Crippen LogP contribution < -0.4 is 14.2 Å². The molecule has 0 bridgehead atoms. The molecule has 2 amide bonds. The topological polar surface area (TPSA) is 122 Å². The molecule has 4 aromatic rings. The van der Waals surface area contributed by atoms with E-state index in [2.05, 4.69) is 35.4 Å². The molecule has 0 aliphatic carbocycles. The Morgan fingerprint density at radius 3 is 1.53 bits per heavy atom. The molecule has 2 aliphatic rings. The lowest BCUT2D eigenvalue weighted by atomic mass is 10.0. The number of aromatic nitrogens is 4. The fraction of sp³-hybridized carbons (Fsp3) is 0.459. The van der Waals surface area contributed by atoms with Gasteiger partial charge in [-0.15, -0.1) is 26.3 Å². The van der Waals surface area contributed by atoms with Crippen molar-refractivity contribution in [1.29, 1.82) is 0 Å². The quantitative estimate of drug-likeness (QED) is 0.146. The number of hydrogen-bond donors (Lipinski definition) is 0. The number of alkyl halides is 6. The molecule has 13 nitrogen and oxygen atoms in total. The average Bonchev–Trinajstić information content (AvgIpc) is 3.72. The van der Waals surface area contributed by atoms with Crippen LogP contribution in [0.4, 0.5) is 26.3 Å². The van der Waals surface area contributed by atoms with Gasteiger partial charge in [0.2, 0.25) is 0 Å². The molecule has 2 fully saturated rings. The van der Waals surface area contributed by atoms with Gasteiger partial charge in [-0.05, 0) is 77.0 Å². The van der Waals surface area contributed by atoms with E-state index in [4.69, 9.17) is 14.2 Å². The Morgan fingerprint density at radius 1 is 0.737 bits per heavy atom. The van der Waals surface area contributed by atoms with Gasteiger partial charge in [0.1, 0.15) is 22.9 Å². The number of hydrogen-bond acceptors (Lipinski definition) is 9. The molecule has 57 heavy (non-hydrogen) atoms. The third kappa shape index (κ3) is 12.6. The number of ether oxygens (including phenoxy) is 5. The van der Waals surface area contributed by atoms with Crippen LogP contribution in [0.25, 0.3) is 0 Å². The van der Waals surface area contributed by atoms with E-state index >= 15 is 0 Å². The Balaban J connectivity index is 0.000000218. The van der Waals surface area contributed by atoms with Crippen molar-refractivity contribution in [2.45, 2.75) is 63.6 Å². The van der Waals surface area contributed by atoms with Crippen molar-refractivity contribution >= 4 is 27.7 Å². The van der Waals surface area contributed by atoms with Crippen molar-refractivity contribution in [2.24, 2.45) is 14.1 Å². The van der Waals surface area contributed by atoms with Gasteiger partial charge in [-0.1, -0.05) is 24.3 Å². The van der Waals surface area contributed by atoms with Gasteiger partial charge in [0.15, 0.2) is 4.73 Å². The normalized spacial score (nSPS) is 15.3. The van der Waals surface area contributed by atoms with Crippen LogP contribution in [0.5, 0.6) is 17.5 Å². The number of nitrogens with zero attached hydrogens (tertiary/aromatic N) is 6. The predicted octanol–water partition coefficient (Wildman–Crippen LogP) is 7.05. The Labute approximate surface area is 332 Å². The van der Waals surface area contributed by atoms with E-state index in [1.807, 2.05) is 0 Å². The monoisotopic (exact) mass is 874 g/mol. The zero-order valence-corrected chi connectivity index (χ0v) is 32.8. The molecule has 2 aromatic heterocycles. The number of carbonyl (C=O) groups excluding carboxylic acids is 2. The molecule has 0 radical (unpaired) electrons. The lowest BCUT2D eigenvalue weighted by molar-refractivity contribution is -0.275. The molecule has 0 N–H and O–H groups in total. The fourth-order valence-corrected chi connectivity index (χ4v) is 6.68. The summed E-state index contributed by atoms with van der Waals surface area (Å²) < 4.78 is 103. The lowest BCUT2D eigenvalue weighted by Crippen LogP contribution is -2.43. The highest BCUT2D eigenvalue weighted by atomic mass is 79.9. The second-order valence-electron chi connectivity index (χ2n) is 13.2. The summed E-state index contributed by atoms with van der Waals surface area (Å²) in [7, 11) is 4.92. The van der Waals surface area contributed by atoms with Gasteiger partial charge in [0, 0.05) is 78.1 Å². The van der Waals surface area contributed by atoms with Crippen LogP contribution in [0.15, 0.2) is 65.7 Å². The van der Waals surface area contributed by atoms with E-state index in [-0.39, 0.29) is 59.9 Å². The molecule has 2 saturated heterocycles. The van der Waals surface area contributed by atoms with Gasteiger partial charge >= 0.3 is 12.7 Å². The van der Waals surface area contributed by atoms with Gasteiger partial charge in [-0.25, -0.2) is 4.98 Å². The van der Waals surface area contributed by atoms with Gasteiger partial charge < -0.3 is 42.6 Å². The molecule has 0 unspecified atom stereocenters. The van der Waals surface area contributed by atoms with Crippen molar-refractivity contribution in [3.8, 4) is 17.5 Å². The summed E-state index contributed by atoms with van der Waals surface area (Å²) >= 11 is 3.27. The molecule has 0 spiro atoms. The highest BCUT2D eigenvalue weighted by Crippen LogP contribution is 2.28. The summed E-state index contributed by atoms with van der Waals surface area (Å²) in [5, 5.41) is 0. The first-order valence-corrected chi connectivity index (χ1v) is 18.5. The average molecular weight is 876 g/mol. The minimum atomic E-state index is -4.78. The Bertz CT molecular complexity index is 1940. The second kappa shape index (κ2) is 19.1. The van der Waals surface area contributed by atoms with Gasteiger partial charge in [-0.3, -0.25) is 9.59 Å². The number of rotatable bonds is 11. The summed E-state index contributed by atoms with van der Waals surface area (Å²) in [5.41, 5.74) is 1.54. The molecular formula is C37H41BrF6N6O7. The number of benzene rings is 2. The first kappa shape index (κ1) is 43.3. The standard InChI is InChI=1S/C19H22F3N3O4.C18H19BrF3N3O3/c1-24-12-16(23-18(24)27-2)17(26)25(14-6-8-28-9-7-14)11-13-4-3-5-15(10-13)29-19(20,21)22;1-24-11-15(23-17(24)19)16(26)25(13-5-7-27-8-6-13)10-12-3-2-4-14(9-12)28-18(20,21)22/h3-5,10,12,14H,6-9,11H2,1-2H3;2-4,9,11,13H,5-8,10H2,1H3. The van der Waals surface area contributed by atoms with Crippen molar-refractivity contribution in [2.75, 3.05) is 33.5 Å². The first-order valence-electron chi connectivity index (χ1n) is 17.7. The summed E-state index contributed by atoms with van der Waals surface area (Å²) in [4.78, 5) is 38.0. The number of aryl methyl sites for hydroxylation is 2. The summed E-state index contributed by atoms with van der Waals surface area (Å²) in [6.07, 6.45) is -3.80. The molecule has 2 aromatic carbocycles. The zero-order valence-electron chi connectivity index (χ0n) is 31.2. The molecule has 4 heterocycles. The maximum Gasteiger partial charge on any atom is 0.573 e. The van der Waals surface area contributed by atoms with Gasteiger partial charge in [0.05, 0.1) is 7.11 Å². The van der Waals surface area contributed by atoms with Gasteiger partial charge in [0.25, 0.3) is 17.8 Å². The highest BCUT2D eigenvalue weighted by molar-refractivity contribution is 9.10. The Morgan fingerprint density at radius 2 is 1.16 bits per heavy atom. The van der Waals surface area contributed by atoms with Crippen LogP contribution in [-0.4, -0.2) is 99.1 Å². The minimum absolute atomic E-state index is 0.0887. The van der Waals surface area contributed by atoms with Crippen LogP contribution in [0, 0.1) is 0 Å². The van der Waals surface area contributed by atoms with Gasteiger partial charge in [-0.2, -0.15) is 4.98 Å². The van der Waals surface area contributed by atoms with Crippen molar-refractivity contribution in [3.05, 3.63) is 88.2 Å². The van der Waals surface area contributed by atoms with Crippen LogP contribution in [0.2, 0.25) is 0 Å². The third-order valence-electron chi connectivity index (χ3n) is 9.03. The van der Waals surface area contributed by atoms with Crippen molar-refractivity contribution < 1.29 is 59.6 Å². The third-order valence-corrected chi connectivity index (χ3v) is 9.77. The van der Waals surface area contributed by atoms with Crippen LogP contribution in [0.1, 0.15) is 57.8 Å². The maximum absolute atomic E-state index is 13.2. The number of imidazole rings is 2. The van der Waals surface area contributed by atoms with E-state index in [0.29, 0.717) is 74.0 Å². The maximum atomic E-state index is 13.2. The second-order valence-corrected chi connectivity index (χ2v) is 13.9. The smallest absolute Gasteiger partial charge is 0.468 e. The van der Waals surface area contributed by atoms with E-state index in [1.165, 1.54) is 43.5 Å². The SMILES string of the molecule is COc1nc(C(=O)N(Cc2cccc(OC(F)(F)F)c2)C2CCOCC2)cn1C.Cn1cc(C(=O)N(Cc2cccc(OC(F)(F)F)c2)C2CCOCC2)nc1Br. The highest BCUT2D eigenvalue weighted by Gasteiger charge is 2.34. The number of methoxy groups -OCH3 is 1. The first-order chi connectivity index (χ1) is 27.0.